The third kappa shape index (κ3) is 2.83. The number of piperazine rings is 1. The minimum Gasteiger partial charge on any atom is -0.311 e. The Balaban J connectivity index is 1.97. The lowest BCUT2D eigenvalue weighted by Gasteiger charge is -2.38. The van der Waals surface area contributed by atoms with Crippen molar-refractivity contribution in [3.05, 3.63) is 35.9 Å². The van der Waals surface area contributed by atoms with Gasteiger partial charge >= 0.3 is 0 Å². The Kier molecular flexibility index (Phi) is 3.97. The fraction of sp³-hybridized carbons (Fsp3) is 0.571. The number of hydrogen-bond acceptors (Lipinski definition) is 2. The van der Waals surface area contributed by atoms with E-state index in [1.807, 2.05) is 0 Å². The van der Waals surface area contributed by atoms with E-state index in [9.17, 15) is 0 Å². The van der Waals surface area contributed by atoms with Crippen LogP contribution in [0, 0.1) is 0 Å². The van der Waals surface area contributed by atoms with Gasteiger partial charge in [-0.1, -0.05) is 37.3 Å². The monoisotopic (exact) mass is 218 g/mol. The van der Waals surface area contributed by atoms with Crippen LogP contribution < -0.4 is 5.32 Å². The highest BCUT2D eigenvalue weighted by Gasteiger charge is 2.23. The summed E-state index contributed by atoms with van der Waals surface area (Å²) in [4.78, 5) is 2.58. The van der Waals surface area contributed by atoms with Crippen LogP contribution in [0.2, 0.25) is 0 Å². The third-order valence-electron chi connectivity index (χ3n) is 3.50. The Morgan fingerprint density at radius 3 is 2.75 bits per heavy atom. The van der Waals surface area contributed by atoms with Gasteiger partial charge in [-0.25, -0.2) is 0 Å². The first-order chi connectivity index (χ1) is 7.79. The van der Waals surface area contributed by atoms with E-state index >= 15 is 0 Å². The molecule has 2 nitrogen and oxygen atoms in total. The van der Waals surface area contributed by atoms with Crippen molar-refractivity contribution in [2.24, 2.45) is 0 Å². The number of nitrogens with one attached hydrogen (secondary N) is 1. The Labute approximate surface area is 98.7 Å². The molecule has 2 atom stereocenters. The van der Waals surface area contributed by atoms with Crippen LogP contribution in [-0.2, 0) is 6.54 Å². The molecular weight excluding hydrogens is 196 g/mol. The molecule has 1 unspecified atom stereocenters. The summed E-state index contributed by atoms with van der Waals surface area (Å²) in [6.07, 6.45) is 1.22. The van der Waals surface area contributed by atoms with Crippen LogP contribution in [0.1, 0.15) is 25.8 Å². The van der Waals surface area contributed by atoms with Crippen LogP contribution >= 0.6 is 0 Å². The predicted molar refractivity (Wildman–Crippen MR) is 68.4 cm³/mol. The van der Waals surface area contributed by atoms with E-state index in [0.717, 1.165) is 13.1 Å². The first-order valence-electron chi connectivity index (χ1n) is 6.31. The van der Waals surface area contributed by atoms with Crippen molar-refractivity contribution in [2.45, 2.75) is 38.9 Å². The zero-order valence-electron chi connectivity index (χ0n) is 10.3. The van der Waals surface area contributed by atoms with Gasteiger partial charge in [0.2, 0.25) is 0 Å². The molecular formula is C14H22N2. The van der Waals surface area contributed by atoms with Gasteiger partial charge in [0.25, 0.3) is 0 Å². The van der Waals surface area contributed by atoms with Crippen LogP contribution in [0.25, 0.3) is 0 Å². The molecule has 1 fully saturated rings. The fourth-order valence-corrected chi connectivity index (χ4v) is 2.31. The summed E-state index contributed by atoms with van der Waals surface area (Å²) >= 11 is 0. The van der Waals surface area contributed by atoms with Crippen LogP contribution in [0.15, 0.2) is 30.3 Å². The summed E-state index contributed by atoms with van der Waals surface area (Å²) in [6.45, 7) is 7.94. The van der Waals surface area contributed by atoms with Crippen molar-refractivity contribution in [3.8, 4) is 0 Å². The second kappa shape index (κ2) is 5.46. The Morgan fingerprint density at radius 2 is 2.06 bits per heavy atom. The van der Waals surface area contributed by atoms with Gasteiger partial charge in [0, 0.05) is 31.7 Å². The maximum absolute atomic E-state index is 3.59. The van der Waals surface area contributed by atoms with Crippen LogP contribution in [0.3, 0.4) is 0 Å². The Morgan fingerprint density at radius 1 is 1.31 bits per heavy atom. The first-order valence-corrected chi connectivity index (χ1v) is 6.31. The zero-order valence-corrected chi connectivity index (χ0v) is 10.3. The normalized spacial score (nSPS) is 26.9. The second-order valence-corrected chi connectivity index (χ2v) is 4.78. The molecule has 0 radical (unpaired) electrons. The topological polar surface area (TPSA) is 15.3 Å². The van der Waals surface area contributed by atoms with E-state index in [2.05, 4.69) is 54.4 Å². The highest BCUT2D eigenvalue weighted by atomic mass is 15.2. The molecule has 1 aromatic rings. The SMILES string of the molecule is CC[C@@H]1CN(Cc2ccccc2)C(C)CN1. The summed E-state index contributed by atoms with van der Waals surface area (Å²) in [5, 5.41) is 3.59. The lowest BCUT2D eigenvalue weighted by Crippen LogP contribution is -2.54. The smallest absolute Gasteiger partial charge is 0.0237 e. The van der Waals surface area contributed by atoms with Gasteiger partial charge in [-0.3, -0.25) is 4.90 Å². The lowest BCUT2D eigenvalue weighted by atomic mass is 10.1. The maximum Gasteiger partial charge on any atom is 0.0237 e. The van der Waals surface area contributed by atoms with Crippen LogP contribution in [0.4, 0.5) is 0 Å². The van der Waals surface area contributed by atoms with Crippen molar-refractivity contribution in [1.82, 2.24) is 10.2 Å². The van der Waals surface area contributed by atoms with Gasteiger partial charge in [-0.2, -0.15) is 0 Å². The second-order valence-electron chi connectivity index (χ2n) is 4.78. The molecule has 1 aromatic carbocycles. The number of benzene rings is 1. The standard InChI is InChI=1S/C14H22N2/c1-3-14-11-16(12(2)9-15-14)10-13-7-5-4-6-8-13/h4-8,12,14-15H,3,9-11H2,1-2H3/t12?,14-/m1/s1. The third-order valence-corrected chi connectivity index (χ3v) is 3.50. The van der Waals surface area contributed by atoms with Crippen molar-refractivity contribution in [2.75, 3.05) is 13.1 Å². The number of rotatable bonds is 3. The molecule has 0 spiro atoms. The molecule has 1 heterocycles. The maximum atomic E-state index is 3.59. The van der Waals surface area contributed by atoms with Crippen molar-refractivity contribution in [1.29, 1.82) is 0 Å². The molecule has 1 saturated heterocycles. The van der Waals surface area contributed by atoms with Crippen LogP contribution in [0.5, 0.6) is 0 Å². The predicted octanol–water partition coefficient (Wildman–Crippen LogP) is 2.26. The van der Waals surface area contributed by atoms with Crippen LogP contribution in [-0.4, -0.2) is 30.1 Å². The molecule has 1 aliphatic heterocycles. The van der Waals surface area contributed by atoms with E-state index < -0.39 is 0 Å². The van der Waals surface area contributed by atoms with Gasteiger partial charge in [-0.05, 0) is 18.9 Å². The van der Waals surface area contributed by atoms with Crippen molar-refractivity contribution < 1.29 is 0 Å². The average molecular weight is 218 g/mol. The van der Waals surface area contributed by atoms with Crippen molar-refractivity contribution >= 4 is 0 Å². The summed E-state index contributed by atoms with van der Waals surface area (Å²) in [7, 11) is 0. The van der Waals surface area contributed by atoms with E-state index in [0.29, 0.717) is 12.1 Å². The lowest BCUT2D eigenvalue weighted by molar-refractivity contribution is 0.131. The van der Waals surface area contributed by atoms with E-state index in [-0.39, 0.29) is 0 Å². The molecule has 1 aliphatic rings. The van der Waals surface area contributed by atoms with Gasteiger partial charge < -0.3 is 5.32 Å². The largest absolute Gasteiger partial charge is 0.311 e. The minimum absolute atomic E-state index is 0.642. The van der Waals surface area contributed by atoms with E-state index in [1.54, 1.807) is 0 Å². The molecule has 0 aliphatic carbocycles. The minimum atomic E-state index is 0.642. The van der Waals surface area contributed by atoms with Gasteiger partial charge in [0.15, 0.2) is 0 Å². The summed E-state index contributed by atoms with van der Waals surface area (Å²) in [5.74, 6) is 0. The van der Waals surface area contributed by atoms with Gasteiger partial charge in [-0.15, -0.1) is 0 Å². The summed E-state index contributed by atoms with van der Waals surface area (Å²) in [6, 6.07) is 12.1. The highest BCUT2D eigenvalue weighted by Crippen LogP contribution is 2.13. The summed E-state index contributed by atoms with van der Waals surface area (Å²) < 4.78 is 0. The first kappa shape index (κ1) is 11.6. The highest BCUT2D eigenvalue weighted by molar-refractivity contribution is 5.14. The quantitative estimate of drug-likeness (QED) is 0.837. The average Bonchev–Trinajstić information content (AvgIpc) is 2.33. The van der Waals surface area contributed by atoms with Gasteiger partial charge in [0.05, 0.1) is 0 Å². The molecule has 0 saturated carbocycles. The fourth-order valence-electron chi connectivity index (χ4n) is 2.31. The molecule has 16 heavy (non-hydrogen) atoms. The number of hydrogen-bond donors (Lipinski definition) is 1. The molecule has 2 heteroatoms. The number of nitrogens with zero attached hydrogens (tertiary/aromatic N) is 1. The molecule has 88 valence electrons. The Bertz CT molecular complexity index is 310. The summed E-state index contributed by atoms with van der Waals surface area (Å²) in [5.41, 5.74) is 1.42. The van der Waals surface area contributed by atoms with Crippen molar-refractivity contribution in [3.63, 3.8) is 0 Å². The molecule has 1 N–H and O–H groups in total. The van der Waals surface area contributed by atoms with Gasteiger partial charge in [0.1, 0.15) is 0 Å². The van der Waals surface area contributed by atoms with E-state index in [4.69, 9.17) is 0 Å². The molecule has 0 bridgehead atoms. The molecule has 0 amide bonds. The molecule has 0 aromatic heterocycles. The molecule has 2 rings (SSSR count). The zero-order chi connectivity index (χ0) is 11.4. The van der Waals surface area contributed by atoms with E-state index in [1.165, 1.54) is 18.5 Å². The Hall–Kier alpha value is -0.860.